The molecule has 0 atom stereocenters. The summed E-state index contributed by atoms with van der Waals surface area (Å²) in [5.41, 5.74) is 1.18. The molecule has 17 heavy (non-hydrogen) atoms. The van der Waals surface area contributed by atoms with Gasteiger partial charge < -0.3 is 14.9 Å². The van der Waals surface area contributed by atoms with Gasteiger partial charge in [-0.1, -0.05) is 36.4 Å². The van der Waals surface area contributed by atoms with Crippen LogP contribution in [0.5, 0.6) is 5.75 Å². The van der Waals surface area contributed by atoms with E-state index in [1.165, 1.54) is 5.56 Å². The molecule has 0 unspecified atom stereocenters. The van der Waals surface area contributed by atoms with Gasteiger partial charge in [-0.3, -0.25) is 0 Å². The molecule has 1 rings (SSSR count). The van der Waals surface area contributed by atoms with Gasteiger partial charge in [-0.25, -0.2) is 4.79 Å². The Morgan fingerprint density at radius 1 is 1.18 bits per heavy atom. The van der Waals surface area contributed by atoms with Crippen LogP contribution in [-0.4, -0.2) is 23.5 Å². The maximum Gasteiger partial charge on any atom is 0.503 e. The highest BCUT2D eigenvalue weighted by Crippen LogP contribution is 2.12. The van der Waals surface area contributed by atoms with Gasteiger partial charge in [-0.15, -0.1) is 0 Å². The van der Waals surface area contributed by atoms with E-state index in [9.17, 15) is 0 Å². The fraction of sp³-hybridized carbons (Fsp3) is 0.154. The lowest BCUT2D eigenvalue weighted by Crippen LogP contribution is -1.81. The lowest BCUT2D eigenvalue weighted by atomic mass is 10.2. The van der Waals surface area contributed by atoms with E-state index in [0.717, 1.165) is 5.75 Å². The molecule has 0 saturated carbocycles. The van der Waals surface area contributed by atoms with Gasteiger partial charge in [0.25, 0.3) is 0 Å². The van der Waals surface area contributed by atoms with Crippen LogP contribution in [0.1, 0.15) is 12.5 Å². The second-order valence-corrected chi connectivity index (χ2v) is 2.94. The fourth-order valence-corrected chi connectivity index (χ4v) is 0.993. The minimum Gasteiger partial charge on any atom is -0.497 e. The van der Waals surface area contributed by atoms with E-state index >= 15 is 0 Å². The third-order valence-electron chi connectivity index (χ3n) is 1.71. The van der Waals surface area contributed by atoms with Gasteiger partial charge in [-0.2, -0.15) is 0 Å². The first-order valence-electron chi connectivity index (χ1n) is 4.95. The second kappa shape index (κ2) is 9.03. The molecule has 0 aliphatic rings. The highest BCUT2D eigenvalue weighted by molar-refractivity contribution is 5.53. The predicted molar refractivity (Wildman–Crippen MR) is 67.5 cm³/mol. The quantitative estimate of drug-likeness (QED) is 0.788. The SMILES string of the molecule is C/C=C/C=C/c1ccc(OC)cc1.O=C(O)O. The summed E-state index contributed by atoms with van der Waals surface area (Å²) >= 11 is 0. The van der Waals surface area contributed by atoms with Crippen molar-refractivity contribution in [2.24, 2.45) is 0 Å². The van der Waals surface area contributed by atoms with Gasteiger partial charge in [-0.05, 0) is 24.6 Å². The molecule has 0 aromatic heterocycles. The number of carboxylic acid groups (broad SMARTS) is 2. The molecule has 0 aliphatic heterocycles. The number of benzene rings is 1. The zero-order valence-electron chi connectivity index (χ0n) is 9.83. The molecular weight excluding hydrogens is 220 g/mol. The average Bonchev–Trinajstić information content (AvgIpc) is 2.30. The molecule has 0 bridgehead atoms. The van der Waals surface area contributed by atoms with E-state index in [1.807, 2.05) is 49.4 Å². The van der Waals surface area contributed by atoms with Gasteiger partial charge >= 0.3 is 6.16 Å². The van der Waals surface area contributed by atoms with Crippen LogP contribution in [0.3, 0.4) is 0 Å². The first-order valence-corrected chi connectivity index (χ1v) is 4.95. The molecule has 0 spiro atoms. The maximum absolute atomic E-state index is 8.56. The standard InChI is InChI=1S/C12H14O.CH2O3/c1-3-4-5-6-11-7-9-12(13-2)10-8-11;2-1(3)4/h3-10H,1-2H3;(H2,2,3,4)/b4-3+,6-5+;. The Morgan fingerprint density at radius 2 is 1.71 bits per heavy atom. The van der Waals surface area contributed by atoms with Crippen LogP contribution in [0.4, 0.5) is 4.79 Å². The number of rotatable bonds is 3. The zero-order chi connectivity index (χ0) is 13.1. The molecule has 0 radical (unpaired) electrons. The Morgan fingerprint density at radius 3 is 2.12 bits per heavy atom. The van der Waals surface area contributed by atoms with Crippen molar-refractivity contribution in [3.63, 3.8) is 0 Å². The van der Waals surface area contributed by atoms with Crippen LogP contribution in [-0.2, 0) is 0 Å². The first kappa shape index (κ1) is 14.8. The lowest BCUT2D eigenvalue weighted by Gasteiger charge is -1.98. The summed E-state index contributed by atoms with van der Waals surface area (Å²) in [5.74, 6) is 0.892. The van der Waals surface area contributed by atoms with Crippen molar-refractivity contribution in [1.82, 2.24) is 0 Å². The molecule has 0 aliphatic carbocycles. The van der Waals surface area contributed by atoms with Crippen molar-refractivity contribution in [2.75, 3.05) is 7.11 Å². The van der Waals surface area contributed by atoms with Gasteiger partial charge in [0.15, 0.2) is 0 Å². The van der Waals surface area contributed by atoms with E-state index in [0.29, 0.717) is 0 Å². The van der Waals surface area contributed by atoms with Gasteiger partial charge in [0.1, 0.15) is 5.75 Å². The van der Waals surface area contributed by atoms with Crippen LogP contribution < -0.4 is 4.74 Å². The highest BCUT2D eigenvalue weighted by atomic mass is 16.6. The van der Waals surface area contributed by atoms with Gasteiger partial charge in [0.05, 0.1) is 7.11 Å². The summed E-state index contributed by atoms with van der Waals surface area (Å²) in [4.78, 5) is 8.56. The number of ether oxygens (including phenoxy) is 1. The largest absolute Gasteiger partial charge is 0.503 e. The van der Waals surface area contributed by atoms with E-state index in [1.54, 1.807) is 7.11 Å². The van der Waals surface area contributed by atoms with Crippen LogP contribution in [0, 0.1) is 0 Å². The number of hydrogen-bond donors (Lipinski definition) is 2. The molecule has 92 valence electrons. The number of methoxy groups -OCH3 is 1. The Hall–Kier alpha value is -2.23. The lowest BCUT2D eigenvalue weighted by molar-refractivity contribution is 0.137. The van der Waals surface area contributed by atoms with E-state index in [2.05, 4.69) is 6.08 Å². The van der Waals surface area contributed by atoms with E-state index in [-0.39, 0.29) is 0 Å². The van der Waals surface area contributed by atoms with Gasteiger partial charge in [0.2, 0.25) is 0 Å². The van der Waals surface area contributed by atoms with E-state index in [4.69, 9.17) is 19.7 Å². The highest BCUT2D eigenvalue weighted by Gasteiger charge is 1.88. The predicted octanol–water partition coefficient (Wildman–Crippen LogP) is 3.51. The third-order valence-corrected chi connectivity index (χ3v) is 1.71. The number of hydrogen-bond acceptors (Lipinski definition) is 2. The van der Waals surface area contributed by atoms with Crippen LogP contribution in [0.2, 0.25) is 0 Å². The van der Waals surface area contributed by atoms with Crippen molar-refractivity contribution in [1.29, 1.82) is 0 Å². The Labute approximate surface area is 100 Å². The molecule has 0 fully saturated rings. The summed E-state index contributed by atoms with van der Waals surface area (Å²) < 4.78 is 5.06. The molecule has 0 saturated heterocycles. The molecule has 1 aromatic carbocycles. The second-order valence-electron chi connectivity index (χ2n) is 2.94. The zero-order valence-corrected chi connectivity index (χ0v) is 9.83. The molecule has 0 amide bonds. The molecule has 4 nitrogen and oxygen atoms in total. The molecule has 4 heteroatoms. The number of allylic oxidation sites excluding steroid dienone is 3. The van der Waals surface area contributed by atoms with Crippen molar-refractivity contribution < 1.29 is 19.7 Å². The van der Waals surface area contributed by atoms with Gasteiger partial charge in [0, 0.05) is 0 Å². The first-order chi connectivity index (χ1) is 8.10. The molecular formula is C13H16O4. The summed E-state index contributed by atoms with van der Waals surface area (Å²) in [6.45, 7) is 2.00. The topological polar surface area (TPSA) is 66.8 Å². The molecule has 1 aromatic rings. The molecule has 2 N–H and O–H groups in total. The minimum atomic E-state index is -1.83. The smallest absolute Gasteiger partial charge is 0.497 e. The van der Waals surface area contributed by atoms with Crippen molar-refractivity contribution in [3.05, 3.63) is 48.1 Å². The summed E-state index contributed by atoms with van der Waals surface area (Å²) in [6, 6.07) is 7.96. The van der Waals surface area contributed by atoms with Crippen LogP contribution in [0.15, 0.2) is 42.5 Å². The van der Waals surface area contributed by atoms with Crippen molar-refractivity contribution in [3.8, 4) is 5.75 Å². The fourth-order valence-electron chi connectivity index (χ4n) is 0.993. The number of carbonyl (C=O) groups is 1. The van der Waals surface area contributed by atoms with Crippen molar-refractivity contribution in [2.45, 2.75) is 6.92 Å². The summed E-state index contributed by atoms with van der Waals surface area (Å²) in [6.07, 6.45) is 6.24. The van der Waals surface area contributed by atoms with E-state index < -0.39 is 6.16 Å². The monoisotopic (exact) mass is 236 g/mol. The Balaban J connectivity index is 0.000000557. The Bertz CT molecular complexity index is 373. The molecule has 0 heterocycles. The van der Waals surface area contributed by atoms with Crippen LogP contribution in [0.25, 0.3) is 6.08 Å². The minimum absolute atomic E-state index is 0.892. The average molecular weight is 236 g/mol. The summed E-state index contributed by atoms with van der Waals surface area (Å²) in [7, 11) is 1.67. The summed E-state index contributed by atoms with van der Waals surface area (Å²) in [5, 5.41) is 13.9. The maximum atomic E-state index is 8.56. The normalized spacial score (nSPS) is 10.0. The Kier molecular flexibility index (Phi) is 7.84. The third kappa shape index (κ3) is 8.74. The van der Waals surface area contributed by atoms with Crippen LogP contribution >= 0.6 is 0 Å². The van der Waals surface area contributed by atoms with Crippen molar-refractivity contribution >= 4 is 12.2 Å².